The molecule has 4 nitrogen and oxygen atoms in total. The minimum absolute atomic E-state index is 0.0372. The maximum Gasteiger partial charge on any atom is 0.161 e. The first kappa shape index (κ1) is 9.93. The third-order valence-corrected chi connectivity index (χ3v) is 2.93. The number of hydrogen-bond acceptors (Lipinski definition) is 4. The Morgan fingerprint density at radius 2 is 2.00 bits per heavy atom. The van der Waals surface area contributed by atoms with Crippen LogP contribution in [0, 0.1) is 0 Å². The third kappa shape index (κ3) is 1.86. The summed E-state index contributed by atoms with van der Waals surface area (Å²) in [5.74, 6) is 1.65. The van der Waals surface area contributed by atoms with Crippen molar-refractivity contribution in [1.82, 2.24) is 5.32 Å². The molecule has 0 amide bonds. The van der Waals surface area contributed by atoms with Gasteiger partial charge in [0.1, 0.15) is 6.61 Å². The van der Waals surface area contributed by atoms with Crippen molar-refractivity contribution in [1.29, 1.82) is 0 Å². The number of morpholine rings is 1. The van der Waals surface area contributed by atoms with Crippen molar-refractivity contribution in [3.63, 3.8) is 0 Å². The second-order valence-corrected chi connectivity index (χ2v) is 4.05. The molecule has 1 aromatic carbocycles. The summed E-state index contributed by atoms with van der Waals surface area (Å²) in [5, 5.41) is 3.39. The van der Waals surface area contributed by atoms with Gasteiger partial charge in [-0.3, -0.25) is 0 Å². The zero-order valence-electron chi connectivity index (χ0n) is 9.02. The van der Waals surface area contributed by atoms with Gasteiger partial charge in [-0.1, -0.05) is 12.1 Å². The summed E-state index contributed by atoms with van der Waals surface area (Å²) in [6, 6.07) is 7.99. The molecule has 2 unspecified atom stereocenters. The minimum atomic E-state index is 0.0372. The summed E-state index contributed by atoms with van der Waals surface area (Å²) < 4.78 is 17.0. The summed E-state index contributed by atoms with van der Waals surface area (Å²) >= 11 is 0. The fourth-order valence-electron chi connectivity index (χ4n) is 2.06. The lowest BCUT2D eigenvalue weighted by molar-refractivity contribution is -0.00188. The summed E-state index contributed by atoms with van der Waals surface area (Å²) in [4.78, 5) is 0. The van der Waals surface area contributed by atoms with Crippen LogP contribution < -0.4 is 14.8 Å². The first-order valence-corrected chi connectivity index (χ1v) is 5.63. The Balaban J connectivity index is 1.72. The number of rotatable bonds is 1. The quantitative estimate of drug-likeness (QED) is 0.762. The fraction of sp³-hybridized carbons (Fsp3) is 0.500. The van der Waals surface area contributed by atoms with Crippen molar-refractivity contribution in [2.24, 2.45) is 0 Å². The normalized spacial score (nSPS) is 28.8. The van der Waals surface area contributed by atoms with Crippen molar-refractivity contribution >= 4 is 0 Å². The lowest BCUT2D eigenvalue weighted by Gasteiger charge is -2.34. The van der Waals surface area contributed by atoms with Crippen molar-refractivity contribution in [3.05, 3.63) is 24.3 Å². The standard InChI is InChI=1S/C12H15NO3/c1-2-4-11-10(3-1)15-8-12(16-11)9-7-14-6-5-13-9/h1-4,9,12-13H,5-8H2. The molecule has 86 valence electrons. The first-order chi connectivity index (χ1) is 7.93. The van der Waals surface area contributed by atoms with Crippen LogP contribution in [0.15, 0.2) is 24.3 Å². The molecule has 1 N–H and O–H groups in total. The predicted molar refractivity (Wildman–Crippen MR) is 59.0 cm³/mol. The summed E-state index contributed by atoms with van der Waals surface area (Å²) in [5.41, 5.74) is 0. The number of benzene rings is 1. The van der Waals surface area contributed by atoms with Crippen LogP contribution in [0.2, 0.25) is 0 Å². The lowest BCUT2D eigenvalue weighted by Crippen LogP contribution is -2.53. The maximum absolute atomic E-state index is 5.90. The van der Waals surface area contributed by atoms with Gasteiger partial charge in [0.2, 0.25) is 0 Å². The fourth-order valence-corrected chi connectivity index (χ4v) is 2.06. The molecule has 0 saturated carbocycles. The highest BCUT2D eigenvalue weighted by molar-refractivity contribution is 5.40. The molecule has 1 aromatic rings. The van der Waals surface area contributed by atoms with Gasteiger partial charge in [-0.25, -0.2) is 0 Å². The van der Waals surface area contributed by atoms with Gasteiger partial charge in [-0.15, -0.1) is 0 Å². The van der Waals surface area contributed by atoms with Crippen LogP contribution in [0.4, 0.5) is 0 Å². The number of para-hydroxylation sites is 2. The Morgan fingerprint density at radius 1 is 1.12 bits per heavy atom. The zero-order valence-corrected chi connectivity index (χ0v) is 9.02. The average Bonchev–Trinajstić information content (AvgIpc) is 2.39. The van der Waals surface area contributed by atoms with Crippen LogP contribution >= 0.6 is 0 Å². The molecule has 1 fully saturated rings. The highest BCUT2D eigenvalue weighted by Crippen LogP contribution is 2.31. The van der Waals surface area contributed by atoms with E-state index in [-0.39, 0.29) is 12.1 Å². The van der Waals surface area contributed by atoms with Crippen LogP contribution in [0.3, 0.4) is 0 Å². The van der Waals surface area contributed by atoms with Crippen molar-refractivity contribution < 1.29 is 14.2 Å². The van der Waals surface area contributed by atoms with Crippen LogP contribution in [-0.4, -0.2) is 38.5 Å². The van der Waals surface area contributed by atoms with Gasteiger partial charge in [0.05, 0.1) is 19.3 Å². The van der Waals surface area contributed by atoms with Gasteiger partial charge in [0.15, 0.2) is 17.6 Å². The highest BCUT2D eigenvalue weighted by atomic mass is 16.6. The molecule has 2 atom stereocenters. The van der Waals surface area contributed by atoms with E-state index in [4.69, 9.17) is 14.2 Å². The second kappa shape index (κ2) is 4.31. The molecule has 0 spiro atoms. The van der Waals surface area contributed by atoms with Crippen LogP contribution in [0.1, 0.15) is 0 Å². The molecule has 2 heterocycles. The van der Waals surface area contributed by atoms with E-state index in [0.29, 0.717) is 13.2 Å². The molecule has 0 aliphatic carbocycles. The second-order valence-electron chi connectivity index (χ2n) is 4.05. The van der Waals surface area contributed by atoms with Gasteiger partial charge in [-0.05, 0) is 12.1 Å². The van der Waals surface area contributed by atoms with Crippen LogP contribution in [0.5, 0.6) is 11.5 Å². The number of nitrogens with one attached hydrogen (secondary N) is 1. The topological polar surface area (TPSA) is 39.7 Å². The van der Waals surface area contributed by atoms with Gasteiger partial charge in [-0.2, -0.15) is 0 Å². The largest absolute Gasteiger partial charge is 0.486 e. The SMILES string of the molecule is c1ccc2c(c1)OCC(C1COCCN1)O2. The number of fused-ring (bicyclic) bond motifs is 1. The average molecular weight is 221 g/mol. The monoisotopic (exact) mass is 221 g/mol. The Bertz CT molecular complexity index is 363. The number of hydrogen-bond donors (Lipinski definition) is 1. The minimum Gasteiger partial charge on any atom is -0.486 e. The molecule has 0 aromatic heterocycles. The number of ether oxygens (including phenoxy) is 3. The van der Waals surface area contributed by atoms with E-state index in [1.54, 1.807) is 0 Å². The van der Waals surface area contributed by atoms with Crippen LogP contribution in [-0.2, 0) is 4.74 Å². The van der Waals surface area contributed by atoms with Gasteiger partial charge in [0, 0.05) is 6.54 Å². The molecule has 2 aliphatic heterocycles. The lowest BCUT2D eigenvalue weighted by atomic mass is 10.1. The molecule has 16 heavy (non-hydrogen) atoms. The Hall–Kier alpha value is -1.26. The molecule has 1 saturated heterocycles. The van der Waals surface area contributed by atoms with E-state index in [1.807, 2.05) is 24.3 Å². The van der Waals surface area contributed by atoms with E-state index >= 15 is 0 Å². The molecule has 0 radical (unpaired) electrons. The van der Waals surface area contributed by atoms with E-state index in [2.05, 4.69) is 5.32 Å². The van der Waals surface area contributed by atoms with Gasteiger partial charge >= 0.3 is 0 Å². The summed E-state index contributed by atoms with van der Waals surface area (Å²) in [7, 11) is 0. The summed E-state index contributed by atoms with van der Waals surface area (Å²) in [6.07, 6.45) is 0.0372. The molecule has 2 aliphatic rings. The van der Waals surface area contributed by atoms with E-state index in [9.17, 15) is 0 Å². The molecular formula is C12H15NO3. The third-order valence-electron chi connectivity index (χ3n) is 2.93. The predicted octanol–water partition coefficient (Wildman–Crippen LogP) is 0.815. The molecule has 3 rings (SSSR count). The highest BCUT2D eigenvalue weighted by Gasteiger charge is 2.30. The van der Waals surface area contributed by atoms with E-state index < -0.39 is 0 Å². The Labute approximate surface area is 94.5 Å². The smallest absolute Gasteiger partial charge is 0.161 e. The van der Waals surface area contributed by atoms with Crippen molar-refractivity contribution in [2.45, 2.75) is 12.1 Å². The Morgan fingerprint density at radius 3 is 2.81 bits per heavy atom. The van der Waals surface area contributed by atoms with Gasteiger partial charge in [0.25, 0.3) is 0 Å². The molecular weight excluding hydrogens is 206 g/mol. The first-order valence-electron chi connectivity index (χ1n) is 5.63. The molecule has 4 heteroatoms. The van der Waals surface area contributed by atoms with Crippen molar-refractivity contribution in [3.8, 4) is 11.5 Å². The summed E-state index contributed by atoms with van der Waals surface area (Å²) in [6.45, 7) is 2.93. The van der Waals surface area contributed by atoms with Crippen molar-refractivity contribution in [2.75, 3.05) is 26.4 Å². The Kier molecular flexibility index (Phi) is 2.68. The maximum atomic E-state index is 5.90. The van der Waals surface area contributed by atoms with E-state index in [0.717, 1.165) is 24.7 Å². The van der Waals surface area contributed by atoms with E-state index in [1.165, 1.54) is 0 Å². The zero-order chi connectivity index (χ0) is 10.8. The molecule has 0 bridgehead atoms. The van der Waals surface area contributed by atoms with Crippen LogP contribution in [0.25, 0.3) is 0 Å². The van der Waals surface area contributed by atoms with Gasteiger partial charge < -0.3 is 19.5 Å².